The molecule has 9 heteroatoms. The van der Waals surface area contributed by atoms with Crippen LogP contribution in [-0.2, 0) is 39.0 Å². The summed E-state index contributed by atoms with van der Waals surface area (Å²) in [4.78, 5) is 28.4. The van der Waals surface area contributed by atoms with Gasteiger partial charge in [-0.05, 0) is 60.2 Å². The number of hydrogen-bond acceptors (Lipinski definition) is 4. The second-order valence-electron chi connectivity index (χ2n) is 9.72. The number of hydrogen-bond donors (Lipinski definition) is 1. The zero-order chi connectivity index (χ0) is 27.8. The van der Waals surface area contributed by atoms with Gasteiger partial charge in [0, 0.05) is 39.5 Å². The Bertz CT molecular complexity index is 1360. The van der Waals surface area contributed by atoms with Crippen molar-refractivity contribution in [2.75, 3.05) is 20.1 Å². The second-order valence-corrected chi connectivity index (χ2v) is 11.7. The fraction of sp³-hybridized carbons (Fsp3) is 0.333. The van der Waals surface area contributed by atoms with Gasteiger partial charge in [-0.3, -0.25) is 9.59 Å². The van der Waals surface area contributed by atoms with Crippen molar-refractivity contribution < 1.29 is 22.4 Å². The van der Waals surface area contributed by atoms with Gasteiger partial charge in [-0.2, -0.15) is 4.31 Å². The van der Waals surface area contributed by atoms with Crippen LogP contribution in [0, 0.1) is 5.82 Å². The van der Waals surface area contributed by atoms with E-state index in [4.69, 9.17) is 0 Å². The summed E-state index contributed by atoms with van der Waals surface area (Å²) in [6.45, 7) is 1.23. The van der Waals surface area contributed by atoms with Crippen LogP contribution in [0.3, 0.4) is 0 Å². The molecule has 1 unspecified atom stereocenters. The highest BCUT2D eigenvalue weighted by atomic mass is 32.2. The van der Waals surface area contributed by atoms with Crippen LogP contribution in [0.2, 0.25) is 0 Å². The van der Waals surface area contributed by atoms with E-state index in [2.05, 4.69) is 5.32 Å². The number of carbonyl (C=O) groups excluding carboxylic acids is 2. The summed E-state index contributed by atoms with van der Waals surface area (Å²) in [6.07, 6.45) is 2.58. The van der Waals surface area contributed by atoms with Gasteiger partial charge in [0.1, 0.15) is 11.9 Å². The predicted molar refractivity (Wildman–Crippen MR) is 148 cm³/mol. The molecule has 1 atom stereocenters. The summed E-state index contributed by atoms with van der Waals surface area (Å²) in [5, 5.41) is 2.68. The monoisotopic (exact) mass is 551 g/mol. The van der Waals surface area contributed by atoms with E-state index in [0.717, 1.165) is 24.0 Å². The van der Waals surface area contributed by atoms with E-state index < -0.39 is 16.1 Å². The highest BCUT2D eigenvalue weighted by molar-refractivity contribution is 7.89. The fourth-order valence-corrected chi connectivity index (χ4v) is 6.32. The van der Waals surface area contributed by atoms with Crippen molar-refractivity contribution in [1.82, 2.24) is 14.5 Å². The quantitative estimate of drug-likeness (QED) is 0.391. The first-order valence-corrected chi connectivity index (χ1v) is 14.6. The molecule has 2 amide bonds. The molecule has 0 bridgehead atoms. The molecule has 1 heterocycles. The molecule has 3 aromatic carbocycles. The molecular formula is C30H34FN3O4S. The molecule has 1 fully saturated rings. The van der Waals surface area contributed by atoms with E-state index in [-0.39, 0.29) is 35.5 Å². The third-order valence-electron chi connectivity index (χ3n) is 7.04. The maximum Gasteiger partial charge on any atom is 0.243 e. The normalized spacial score (nSPS) is 14.6. The van der Waals surface area contributed by atoms with Crippen molar-refractivity contribution in [3.63, 3.8) is 0 Å². The van der Waals surface area contributed by atoms with Gasteiger partial charge >= 0.3 is 0 Å². The van der Waals surface area contributed by atoms with Crippen molar-refractivity contribution in [3.8, 4) is 0 Å². The van der Waals surface area contributed by atoms with Crippen molar-refractivity contribution in [2.24, 2.45) is 0 Å². The van der Waals surface area contributed by atoms with E-state index >= 15 is 0 Å². The van der Waals surface area contributed by atoms with Crippen molar-refractivity contribution >= 4 is 21.8 Å². The Labute approximate surface area is 229 Å². The van der Waals surface area contributed by atoms with Crippen molar-refractivity contribution in [1.29, 1.82) is 0 Å². The molecule has 1 N–H and O–H groups in total. The van der Waals surface area contributed by atoms with Crippen LogP contribution in [0.4, 0.5) is 4.39 Å². The third-order valence-corrected chi connectivity index (χ3v) is 8.95. The molecule has 0 aliphatic carbocycles. The topological polar surface area (TPSA) is 86.8 Å². The van der Waals surface area contributed by atoms with Gasteiger partial charge < -0.3 is 10.2 Å². The summed E-state index contributed by atoms with van der Waals surface area (Å²) in [5.41, 5.74) is 2.45. The van der Waals surface area contributed by atoms with Crippen LogP contribution in [0.1, 0.15) is 36.0 Å². The lowest BCUT2D eigenvalue weighted by Crippen LogP contribution is -2.49. The number of likely N-dealkylation sites (N-methyl/N-ethyl adjacent to an activating group) is 1. The molecular weight excluding hydrogens is 517 g/mol. The zero-order valence-electron chi connectivity index (χ0n) is 22.1. The third kappa shape index (κ3) is 7.30. The van der Waals surface area contributed by atoms with Crippen LogP contribution in [-0.4, -0.2) is 55.6 Å². The maximum atomic E-state index is 13.6. The SMILES string of the molecule is CNC(=O)C(Cc1ccccc1)N(Cc1ccc(F)cc1)C(=O)CCc1ccc(S(=O)(=O)N2CCCC2)cc1. The molecule has 3 aromatic rings. The van der Waals surface area contributed by atoms with Gasteiger partial charge in [0.2, 0.25) is 21.8 Å². The van der Waals surface area contributed by atoms with Crippen LogP contribution in [0.15, 0.2) is 83.8 Å². The van der Waals surface area contributed by atoms with Gasteiger partial charge in [-0.15, -0.1) is 0 Å². The van der Waals surface area contributed by atoms with Gasteiger partial charge in [-0.25, -0.2) is 12.8 Å². The van der Waals surface area contributed by atoms with Crippen LogP contribution >= 0.6 is 0 Å². The average Bonchev–Trinajstić information content (AvgIpc) is 3.51. The Balaban J connectivity index is 1.52. The fourth-order valence-electron chi connectivity index (χ4n) is 4.81. The molecule has 0 spiro atoms. The Morgan fingerprint density at radius 3 is 2.13 bits per heavy atom. The molecule has 1 saturated heterocycles. The number of amides is 2. The summed E-state index contributed by atoms with van der Waals surface area (Å²) in [5.74, 6) is -0.887. The lowest BCUT2D eigenvalue weighted by molar-refractivity contribution is -0.141. The molecule has 4 rings (SSSR count). The number of halogens is 1. The van der Waals surface area contributed by atoms with Gasteiger partial charge in [0.05, 0.1) is 4.90 Å². The Kier molecular flexibility index (Phi) is 9.48. The first kappa shape index (κ1) is 28.4. The molecule has 1 aliphatic heterocycles. The van der Waals surface area contributed by atoms with Crippen LogP contribution < -0.4 is 5.32 Å². The summed E-state index contributed by atoms with van der Waals surface area (Å²) in [6, 6.07) is 21.3. The Morgan fingerprint density at radius 1 is 0.897 bits per heavy atom. The van der Waals surface area contributed by atoms with Crippen molar-refractivity contribution in [2.45, 2.75) is 49.6 Å². The lowest BCUT2D eigenvalue weighted by Gasteiger charge is -2.31. The number of nitrogens with one attached hydrogen (secondary N) is 1. The Morgan fingerprint density at radius 2 is 1.51 bits per heavy atom. The number of aryl methyl sites for hydroxylation is 1. The number of nitrogens with zero attached hydrogens (tertiary/aromatic N) is 2. The summed E-state index contributed by atoms with van der Waals surface area (Å²) in [7, 11) is -1.96. The highest BCUT2D eigenvalue weighted by Crippen LogP contribution is 2.22. The van der Waals surface area contributed by atoms with Gasteiger partial charge in [0.15, 0.2) is 0 Å². The maximum absolute atomic E-state index is 13.6. The number of carbonyl (C=O) groups is 2. The number of benzene rings is 3. The second kappa shape index (κ2) is 13.0. The largest absolute Gasteiger partial charge is 0.357 e. The first-order chi connectivity index (χ1) is 18.8. The number of sulfonamides is 1. The van der Waals surface area contributed by atoms with E-state index in [0.29, 0.717) is 31.5 Å². The highest BCUT2D eigenvalue weighted by Gasteiger charge is 2.30. The van der Waals surface area contributed by atoms with E-state index in [9.17, 15) is 22.4 Å². The average molecular weight is 552 g/mol. The molecule has 0 saturated carbocycles. The van der Waals surface area contributed by atoms with Crippen molar-refractivity contribution in [3.05, 3.63) is 101 Å². The summed E-state index contributed by atoms with van der Waals surface area (Å²) >= 11 is 0. The predicted octanol–water partition coefficient (Wildman–Crippen LogP) is 3.93. The molecule has 7 nitrogen and oxygen atoms in total. The van der Waals surface area contributed by atoms with E-state index in [1.165, 1.54) is 16.4 Å². The molecule has 0 radical (unpaired) electrons. The minimum Gasteiger partial charge on any atom is -0.357 e. The standard InChI is InChI=1S/C30H34FN3O4S/c1-32-30(36)28(21-24-7-3-2-4-8-24)34(22-25-9-14-26(31)15-10-25)29(35)18-13-23-11-16-27(17-12-23)39(37,38)33-19-5-6-20-33/h2-4,7-12,14-17,28H,5-6,13,18-22H2,1H3,(H,32,36). The van der Waals surface area contributed by atoms with E-state index in [1.54, 1.807) is 48.3 Å². The van der Waals surface area contributed by atoms with E-state index in [1.807, 2.05) is 30.3 Å². The molecule has 39 heavy (non-hydrogen) atoms. The van der Waals surface area contributed by atoms with Gasteiger partial charge in [0.25, 0.3) is 0 Å². The molecule has 206 valence electrons. The van der Waals surface area contributed by atoms with Gasteiger partial charge in [-0.1, -0.05) is 54.6 Å². The van der Waals surface area contributed by atoms with Crippen LogP contribution in [0.25, 0.3) is 0 Å². The number of rotatable bonds is 11. The van der Waals surface area contributed by atoms with Crippen LogP contribution in [0.5, 0.6) is 0 Å². The lowest BCUT2D eigenvalue weighted by atomic mass is 10.0. The smallest absolute Gasteiger partial charge is 0.243 e. The Hall–Kier alpha value is -3.56. The summed E-state index contributed by atoms with van der Waals surface area (Å²) < 4.78 is 40.7. The minimum atomic E-state index is -3.50. The molecule has 1 aliphatic rings. The zero-order valence-corrected chi connectivity index (χ0v) is 22.9. The minimum absolute atomic E-state index is 0.127. The first-order valence-electron chi connectivity index (χ1n) is 13.2. The molecule has 0 aromatic heterocycles.